The molecule has 4 rings (SSSR count). The number of aliphatic hydroxyl groups excluding tert-OH is 1. The van der Waals surface area contributed by atoms with Crippen molar-refractivity contribution in [2.24, 2.45) is 4.99 Å². The fraction of sp³-hybridized carbons (Fsp3) is 0.444. The first-order valence-electron chi connectivity index (χ1n) is 9.10. The molecular weight excluding hydrogens is 382 g/mol. The number of aromatic nitrogens is 2. The lowest BCUT2D eigenvalue weighted by molar-refractivity contribution is -0.149. The smallest absolute Gasteiger partial charge is 0.305 e. The number of rotatable bonds is 4. The van der Waals surface area contributed by atoms with E-state index in [1.165, 1.54) is 23.9 Å². The van der Waals surface area contributed by atoms with Crippen LogP contribution >= 0.6 is 0 Å². The Morgan fingerprint density at radius 3 is 3.00 bits per heavy atom. The normalized spacial score (nSPS) is 27.8. The molecule has 11 nitrogen and oxygen atoms in total. The molecule has 0 aliphatic carbocycles. The maximum absolute atomic E-state index is 11.9. The van der Waals surface area contributed by atoms with Crippen LogP contribution in [0.4, 0.5) is 17.3 Å². The Kier molecular flexibility index (Phi) is 4.52. The lowest BCUT2D eigenvalue weighted by atomic mass is 9.96. The number of anilines is 2. The molecule has 5 N–H and O–H groups in total. The summed E-state index contributed by atoms with van der Waals surface area (Å²) in [5.41, 5.74) is 4.00. The first-order chi connectivity index (χ1) is 13.7. The van der Waals surface area contributed by atoms with Gasteiger partial charge in [0.05, 0.1) is 11.7 Å². The molecule has 2 aliphatic heterocycles. The van der Waals surface area contributed by atoms with Gasteiger partial charge in [0.1, 0.15) is 36.1 Å². The molecule has 0 spiro atoms. The molecule has 2 aliphatic rings. The number of ether oxygens (including phenoxy) is 2. The molecule has 0 bridgehead atoms. The van der Waals surface area contributed by atoms with Crippen molar-refractivity contribution in [1.29, 1.82) is 0 Å². The second kappa shape index (κ2) is 6.79. The van der Waals surface area contributed by atoms with Crippen LogP contribution in [0.3, 0.4) is 0 Å². The zero-order valence-electron chi connectivity index (χ0n) is 15.8. The van der Waals surface area contributed by atoms with E-state index in [1.807, 2.05) is 0 Å². The molecule has 29 heavy (non-hydrogen) atoms. The van der Waals surface area contributed by atoms with Crippen molar-refractivity contribution >= 4 is 40.4 Å². The Bertz CT molecular complexity index is 1080. The highest BCUT2D eigenvalue weighted by atomic mass is 16.6. The zero-order valence-corrected chi connectivity index (χ0v) is 15.8. The maximum atomic E-state index is 11.9. The third kappa shape index (κ3) is 3.03. The highest BCUT2D eigenvalue weighted by Gasteiger charge is 2.54. The van der Waals surface area contributed by atoms with E-state index in [2.05, 4.69) is 15.3 Å². The van der Waals surface area contributed by atoms with Crippen molar-refractivity contribution in [1.82, 2.24) is 9.55 Å². The molecule has 1 fully saturated rings. The summed E-state index contributed by atoms with van der Waals surface area (Å²) in [6, 6.07) is 1.20. The number of aliphatic hydroxyl groups is 2. The summed E-state index contributed by atoms with van der Waals surface area (Å²) in [5.74, 6) is 0.190. The number of hydrogen-bond donors (Lipinski definition) is 4. The van der Waals surface area contributed by atoms with Gasteiger partial charge >= 0.3 is 5.97 Å². The van der Waals surface area contributed by atoms with E-state index < -0.39 is 35.6 Å². The summed E-state index contributed by atoms with van der Waals surface area (Å²) in [6.45, 7) is 2.87. The minimum absolute atomic E-state index is 0.186. The van der Waals surface area contributed by atoms with Crippen LogP contribution in [0.25, 0.3) is 10.8 Å². The Morgan fingerprint density at radius 2 is 2.28 bits per heavy atom. The minimum Gasteiger partial charge on any atom is -0.463 e. The molecule has 4 atom stereocenters. The van der Waals surface area contributed by atoms with Crippen LogP contribution in [-0.4, -0.2) is 56.5 Å². The Morgan fingerprint density at radius 1 is 1.52 bits per heavy atom. The van der Waals surface area contributed by atoms with Crippen LogP contribution in [0.2, 0.25) is 0 Å². The molecule has 0 amide bonds. The van der Waals surface area contributed by atoms with Crippen LogP contribution in [0.1, 0.15) is 26.5 Å². The van der Waals surface area contributed by atoms with Gasteiger partial charge in [-0.25, -0.2) is 4.99 Å². The van der Waals surface area contributed by atoms with Crippen LogP contribution in [0, 0.1) is 0 Å². The molecule has 2 aromatic rings. The van der Waals surface area contributed by atoms with Crippen molar-refractivity contribution in [3.63, 3.8) is 0 Å². The van der Waals surface area contributed by atoms with Gasteiger partial charge in [0.2, 0.25) is 0 Å². The van der Waals surface area contributed by atoms with Gasteiger partial charge in [-0.05, 0) is 6.92 Å². The van der Waals surface area contributed by atoms with E-state index in [0.29, 0.717) is 16.6 Å². The lowest BCUT2D eigenvalue weighted by Crippen LogP contribution is -2.44. The second-order valence-corrected chi connectivity index (χ2v) is 7.18. The van der Waals surface area contributed by atoms with Gasteiger partial charge in [0, 0.05) is 29.8 Å². The summed E-state index contributed by atoms with van der Waals surface area (Å²) >= 11 is 0. The number of aliphatic imine (C=N–C) groups is 1. The molecule has 2 aromatic heterocycles. The van der Waals surface area contributed by atoms with E-state index in [4.69, 9.17) is 15.2 Å². The predicted molar refractivity (Wildman–Crippen MR) is 104 cm³/mol. The van der Waals surface area contributed by atoms with Crippen molar-refractivity contribution in [2.75, 3.05) is 17.7 Å². The maximum Gasteiger partial charge on any atom is 0.305 e. The van der Waals surface area contributed by atoms with E-state index in [1.54, 1.807) is 13.1 Å². The summed E-state index contributed by atoms with van der Waals surface area (Å²) in [7, 11) is 0. The summed E-state index contributed by atoms with van der Waals surface area (Å²) in [4.78, 5) is 31.6. The van der Waals surface area contributed by atoms with E-state index in [0.717, 1.165) is 0 Å². The average Bonchev–Trinajstić information content (AvgIpc) is 3.12. The standard InChI is InChI=1S/C18H21N5O6/c1-3-12(25)28-6-10-14(26)18(2,27)17(29-10)23-5-8-9(19)4-11(24)22-15-13(8)16(23)21-7-20-15/h4-5,7,10,14,17,26-27H,3,6,19H2,1-2H3,(H,20,21,22,24)/t10-,14-,17-,18-/m1/s1. The topological polar surface area (TPSA) is 161 Å². The monoisotopic (exact) mass is 403 g/mol. The SMILES string of the molecule is CCC(=O)OC[C@H]1O[C@@H](n2cc3c(N)cc(=O)nc4c3c2N=CN4)[C@](C)(O)[C@@H]1O. The number of nitrogen functional groups attached to an aromatic ring is 1. The number of nitrogens with one attached hydrogen (secondary N) is 1. The first-order valence-corrected chi connectivity index (χ1v) is 9.10. The van der Waals surface area contributed by atoms with Crippen LogP contribution in [0.5, 0.6) is 0 Å². The number of carbonyl (C=O) groups is 1. The van der Waals surface area contributed by atoms with Crippen molar-refractivity contribution in [3.05, 3.63) is 22.6 Å². The van der Waals surface area contributed by atoms with Gasteiger partial charge < -0.3 is 35.3 Å². The molecule has 0 radical (unpaired) electrons. The zero-order chi connectivity index (χ0) is 20.9. The van der Waals surface area contributed by atoms with Crippen LogP contribution in [-0.2, 0) is 14.3 Å². The quantitative estimate of drug-likeness (QED) is 0.516. The van der Waals surface area contributed by atoms with E-state index in [9.17, 15) is 19.8 Å². The van der Waals surface area contributed by atoms with Gasteiger partial charge in [0.15, 0.2) is 6.23 Å². The summed E-state index contributed by atoms with van der Waals surface area (Å²) in [6.07, 6.45) is -0.179. The van der Waals surface area contributed by atoms with E-state index >= 15 is 0 Å². The van der Waals surface area contributed by atoms with Crippen molar-refractivity contribution in [2.45, 2.75) is 44.3 Å². The average molecular weight is 403 g/mol. The highest BCUT2D eigenvalue weighted by molar-refractivity contribution is 6.10. The third-order valence-corrected chi connectivity index (χ3v) is 5.15. The van der Waals surface area contributed by atoms with Crippen molar-refractivity contribution < 1.29 is 24.5 Å². The Hall–Kier alpha value is -3.02. The number of nitrogens with zero attached hydrogens (tertiary/aromatic N) is 3. The molecule has 0 aromatic carbocycles. The van der Waals surface area contributed by atoms with Gasteiger partial charge in [-0.15, -0.1) is 0 Å². The number of nitrogens with two attached hydrogens (primary N) is 1. The van der Waals surface area contributed by atoms with Gasteiger partial charge in [-0.1, -0.05) is 6.92 Å². The van der Waals surface area contributed by atoms with Gasteiger partial charge in [0.25, 0.3) is 5.56 Å². The van der Waals surface area contributed by atoms with Crippen molar-refractivity contribution in [3.8, 4) is 0 Å². The second-order valence-electron chi connectivity index (χ2n) is 7.18. The highest BCUT2D eigenvalue weighted by Crippen LogP contribution is 2.45. The van der Waals surface area contributed by atoms with E-state index in [-0.39, 0.29) is 24.5 Å². The first kappa shape index (κ1) is 19.3. The molecule has 11 heteroatoms. The number of carbonyl (C=O) groups excluding carboxylic acids is 1. The molecule has 1 saturated heterocycles. The molecule has 0 saturated carbocycles. The minimum atomic E-state index is -1.72. The fourth-order valence-electron chi connectivity index (χ4n) is 3.60. The number of hydrogen-bond acceptors (Lipinski definition) is 10. The summed E-state index contributed by atoms with van der Waals surface area (Å²) in [5, 5.41) is 25.3. The van der Waals surface area contributed by atoms with Crippen LogP contribution in [0.15, 0.2) is 22.1 Å². The summed E-state index contributed by atoms with van der Waals surface area (Å²) < 4.78 is 12.5. The van der Waals surface area contributed by atoms with Crippen LogP contribution < -0.4 is 16.6 Å². The molecule has 0 unspecified atom stereocenters. The number of esters is 1. The van der Waals surface area contributed by atoms with Gasteiger partial charge in [-0.2, -0.15) is 4.98 Å². The molecule has 4 heterocycles. The Balaban J connectivity index is 1.79. The lowest BCUT2D eigenvalue weighted by Gasteiger charge is -2.28. The third-order valence-electron chi connectivity index (χ3n) is 5.15. The largest absolute Gasteiger partial charge is 0.463 e. The fourth-order valence-corrected chi connectivity index (χ4v) is 3.60. The molecular formula is C18H21N5O6. The van der Waals surface area contributed by atoms with Gasteiger partial charge in [-0.3, -0.25) is 9.59 Å². The Labute approximate surface area is 164 Å². The molecule has 154 valence electrons. The predicted octanol–water partition coefficient (Wildman–Crippen LogP) is 0.0265.